The van der Waals surface area contributed by atoms with E-state index in [1.807, 2.05) is 0 Å². The summed E-state index contributed by atoms with van der Waals surface area (Å²) in [5, 5.41) is 18.7. The minimum absolute atomic E-state index is 0.0470. The molecule has 0 atom stereocenters. The van der Waals surface area contributed by atoms with E-state index in [1.165, 1.54) is 24.0 Å². The van der Waals surface area contributed by atoms with Crippen molar-refractivity contribution in [3.63, 3.8) is 0 Å². The molecule has 1 aromatic rings. The molecule has 1 saturated heterocycles. The predicted octanol–water partition coefficient (Wildman–Crippen LogP) is 0.515. The Bertz CT molecular complexity index is 437. The first-order chi connectivity index (χ1) is 10.3. The van der Waals surface area contributed by atoms with Crippen molar-refractivity contribution in [1.29, 1.82) is 0 Å². The minimum Gasteiger partial charge on any atom is -0.395 e. The van der Waals surface area contributed by atoms with Crippen LogP contribution in [-0.2, 0) is 12.8 Å². The van der Waals surface area contributed by atoms with Gasteiger partial charge in [0, 0.05) is 19.1 Å². The largest absolute Gasteiger partial charge is 0.395 e. The average molecular weight is 290 g/mol. The Balaban J connectivity index is 1.59. The van der Waals surface area contributed by atoms with Gasteiger partial charge < -0.3 is 10.2 Å². The van der Waals surface area contributed by atoms with Crippen molar-refractivity contribution < 1.29 is 10.2 Å². The fourth-order valence-corrected chi connectivity index (χ4v) is 3.77. The molecule has 1 aliphatic carbocycles. The topological polar surface area (TPSA) is 46.9 Å². The van der Waals surface area contributed by atoms with E-state index in [-0.39, 0.29) is 19.3 Å². The Labute approximate surface area is 127 Å². The molecule has 0 bridgehead atoms. The van der Waals surface area contributed by atoms with Crippen molar-refractivity contribution >= 4 is 0 Å². The maximum atomic E-state index is 9.35. The summed E-state index contributed by atoms with van der Waals surface area (Å²) in [6, 6.07) is 9.33. The second-order valence-electron chi connectivity index (χ2n) is 6.28. The van der Waals surface area contributed by atoms with E-state index >= 15 is 0 Å². The number of hydrogen-bond acceptors (Lipinski definition) is 4. The third kappa shape index (κ3) is 3.29. The van der Waals surface area contributed by atoms with Crippen LogP contribution in [0.1, 0.15) is 17.5 Å². The molecule has 0 amide bonds. The molecule has 21 heavy (non-hydrogen) atoms. The predicted molar refractivity (Wildman–Crippen MR) is 83.4 cm³/mol. The molecule has 0 aromatic heterocycles. The van der Waals surface area contributed by atoms with Crippen LogP contribution in [0.4, 0.5) is 0 Å². The number of aliphatic hydroxyl groups is 2. The third-order valence-corrected chi connectivity index (χ3v) is 5.05. The lowest BCUT2D eigenvalue weighted by Gasteiger charge is -2.29. The summed E-state index contributed by atoms with van der Waals surface area (Å²) in [6.45, 7) is 4.17. The van der Waals surface area contributed by atoms with Gasteiger partial charge in [0.05, 0.1) is 19.3 Å². The summed E-state index contributed by atoms with van der Waals surface area (Å²) in [6.07, 6.45) is 3.45. The lowest BCUT2D eigenvalue weighted by molar-refractivity contribution is 0.0750. The molecule has 4 heteroatoms. The van der Waals surface area contributed by atoms with Crippen LogP contribution in [0, 0.1) is 0 Å². The van der Waals surface area contributed by atoms with Crippen LogP contribution in [0.2, 0.25) is 0 Å². The molecule has 1 aliphatic heterocycles. The van der Waals surface area contributed by atoms with Gasteiger partial charge in [-0.05, 0) is 43.5 Å². The van der Waals surface area contributed by atoms with Gasteiger partial charge in [-0.25, -0.2) is 0 Å². The van der Waals surface area contributed by atoms with Crippen LogP contribution in [0.5, 0.6) is 0 Å². The smallest absolute Gasteiger partial charge is 0.0609 e. The summed E-state index contributed by atoms with van der Waals surface area (Å²) in [5.74, 6) is 0. The number of benzene rings is 1. The number of rotatable bonds is 4. The van der Waals surface area contributed by atoms with E-state index in [9.17, 15) is 10.2 Å². The monoisotopic (exact) mass is 290 g/mol. The van der Waals surface area contributed by atoms with Gasteiger partial charge in [-0.2, -0.15) is 0 Å². The summed E-state index contributed by atoms with van der Waals surface area (Å²) < 4.78 is 0. The van der Waals surface area contributed by atoms with Crippen molar-refractivity contribution in [2.75, 3.05) is 39.4 Å². The van der Waals surface area contributed by atoms with E-state index in [0.29, 0.717) is 6.04 Å². The highest BCUT2D eigenvalue weighted by Gasteiger charge is 2.29. The van der Waals surface area contributed by atoms with Crippen LogP contribution in [0.15, 0.2) is 24.3 Å². The van der Waals surface area contributed by atoms with E-state index in [4.69, 9.17) is 0 Å². The van der Waals surface area contributed by atoms with Crippen LogP contribution in [-0.4, -0.2) is 71.5 Å². The highest BCUT2D eigenvalue weighted by atomic mass is 16.3. The molecule has 2 N–H and O–H groups in total. The van der Waals surface area contributed by atoms with Crippen molar-refractivity contribution in [2.45, 2.75) is 31.3 Å². The fourth-order valence-electron chi connectivity index (χ4n) is 3.77. The molecule has 1 heterocycles. The van der Waals surface area contributed by atoms with Crippen LogP contribution < -0.4 is 0 Å². The molecule has 0 radical (unpaired) electrons. The summed E-state index contributed by atoms with van der Waals surface area (Å²) >= 11 is 0. The van der Waals surface area contributed by atoms with Crippen molar-refractivity contribution in [2.24, 2.45) is 0 Å². The molecule has 0 saturated carbocycles. The van der Waals surface area contributed by atoms with E-state index < -0.39 is 0 Å². The molecular formula is C17H26N2O2. The molecule has 116 valence electrons. The van der Waals surface area contributed by atoms with Crippen LogP contribution in [0.3, 0.4) is 0 Å². The molecule has 0 unspecified atom stereocenters. The zero-order chi connectivity index (χ0) is 14.7. The quantitative estimate of drug-likeness (QED) is 0.848. The van der Waals surface area contributed by atoms with Gasteiger partial charge in [0.25, 0.3) is 0 Å². The van der Waals surface area contributed by atoms with E-state index in [1.54, 1.807) is 0 Å². The highest BCUT2D eigenvalue weighted by Crippen LogP contribution is 2.26. The lowest BCUT2D eigenvalue weighted by atomic mass is 10.1. The molecule has 3 rings (SSSR count). The maximum Gasteiger partial charge on any atom is 0.0609 e. The van der Waals surface area contributed by atoms with Gasteiger partial charge in [0.1, 0.15) is 0 Å². The van der Waals surface area contributed by atoms with E-state index in [2.05, 4.69) is 34.1 Å². The Morgan fingerprint density at radius 2 is 1.62 bits per heavy atom. The summed E-state index contributed by atoms with van der Waals surface area (Å²) in [4.78, 5) is 4.84. The first kappa shape index (κ1) is 15.0. The molecule has 0 spiro atoms. The number of hydrogen-bond donors (Lipinski definition) is 2. The second-order valence-corrected chi connectivity index (χ2v) is 6.28. The molecule has 4 nitrogen and oxygen atoms in total. The number of nitrogens with zero attached hydrogens (tertiary/aromatic N) is 2. The first-order valence-electron chi connectivity index (χ1n) is 8.08. The Kier molecular flexibility index (Phi) is 4.91. The van der Waals surface area contributed by atoms with Crippen molar-refractivity contribution in [3.05, 3.63) is 35.4 Å². The molecular weight excluding hydrogens is 264 g/mol. The summed E-state index contributed by atoms with van der Waals surface area (Å²) in [7, 11) is 0. The number of fused-ring (bicyclic) bond motifs is 1. The van der Waals surface area contributed by atoms with Gasteiger partial charge in [-0.15, -0.1) is 0 Å². The van der Waals surface area contributed by atoms with Crippen molar-refractivity contribution in [1.82, 2.24) is 9.80 Å². The van der Waals surface area contributed by atoms with E-state index in [0.717, 1.165) is 32.6 Å². The summed E-state index contributed by atoms with van der Waals surface area (Å²) in [5.41, 5.74) is 3.01. The zero-order valence-corrected chi connectivity index (χ0v) is 12.6. The Morgan fingerprint density at radius 1 is 0.952 bits per heavy atom. The molecule has 1 fully saturated rings. The van der Waals surface area contributed by atoms with Gasteiger partial charge in [0.15, 0.2) is 0 Å². The van der Waals surface area contributed by atoms with Gasteiger partial charge in [-0.1, -0.05) is 24.3 Å². The highest BCUT2D eigenvalue weighted by molar-refractivity contribution is 5.33. The van der Waals surface area contributed by atoms with Crippen LogP contribution >= 0.6 is 0 Å². The molecule has 1 aromatic carbocycles. The normalized spacial score (nSPS) is 21.7. The standard InChI is InChI=1S/C17H26N2O2/c20-12-17(13-21)19-7-3-6-18(8-9-19)16-10-14-4-1-2-5-15(14)11-16/h1-2,4-5,16-17,20-21H,3,6-13H2. The van der Waals surface area contributed by atoms with Gasteiger partial charge in [0.2, 0.25) is 0 Å². The molecule has 2 aliphatic rings. The second kappa shape index (κ2) is 6.88. The Hall–Kier alpha value is -0.940. The minimum atomic E-state index is -0.0919. The first-order valence-corrected chi connectivity index (χ1v) is 8.08. The zero-order valence-electron chi connectivity index (χ0n) is 12.6. The van der Waals surface area contributed by atoms with Gasteiger partial charge >= 0.3 is 0 Å². The number of aliphatic hydroxyl groups excluding tert-OH is 2. The SMILES string of the molecule is OCC(CO)N1CCCN(C2Cc3ccccc3C2)CC1. The maximum absolute atomic E-state index is 9.35. The van der Waals surface area contributed by atoms with Crippen LogP contribution in [0.25, 0.3) is 0 Å². The Morgan fingerprint density at radius 3 is 2.24 bits per heavy atom. The van der Waals surface area contributed by atoms with Gasteiger partial charge in [-0.3, -0.25) is 9.80 Å². The average Bonchev–Trinajstić information content (AvgIpc) is 2.80. The third-order valence-electron chi connectivity index (χ3n) is 5.05. The lowest BCUT2D eigenvalue weighted by Crippen LogP contribution is -2.44. The van der Waals surface area contributed by atoms with Crippen molar-refractivity contribution in [3.8, 4) is 0 Å². The fraction of sp³-hybridized carbons (Fsp3) is 0.647.